The predicted octanol–water partition coefficient (Wildman–Crippen LogP) is 0.460. The van der Waals surface area contributed by atoms with E-state index >= 15 is 0 Å². The van der Waals surface area contributed by atoms with Crippen molar-refractivity contribution in [3.05, 3.63) is 0 Å². The van der Waals surface area contributed by atoms with Crippen LogP contribution in [-0.2, 0) is 4.79 Å². The van der Waals surface area contributed by atoms with Crippen molar-refractivity contribution < 1.29 is 13.6 Å². The van der Waals surface area contributed by atoms with E-state index in [0.717, 1.165) is 0 Å². The Morgan fingerprint density at radius 2 is 1.85 bits per heavy atom. The molecule has 0 unspecified atom stereocenters. The van der Waals surface area contributed by atoms with E-state index in [1.807, 2.05) is 0 Å². The molecule has 5 heteroatoms. The van der Waals surface area contributed by atoms with Crippen LogP contribution in [0, 0.1) is 0 Å². The summed E-state index contributed by atoms with van der Waals surface area (Å²) in [7, 11) is 0. The first-order valence-electron chi connectivity index (χ1n) is 4.35. The minimum Gasteiger partial charge on any atom is -0.330 e. The van der Waals surface area contributed by atoms with Crippen molar-refractivity contribution in [3.63, 3.8) is 0 Å². The van der Waals surface area contributed by atoms with Gasteiger partial charge in [-0.25, -0.2) is 0 Å². The molecule has 0 saturated carbocycles. The molecule has 1 rings (SSSR count). The van der Waals surface area contributed by atoms with E-state index in [1.54, 1.807) is 13.8 Å². The van der Waals surface area contributed by atoms with Gasteiger partial charge in [-0.3, -0.25) is 4.79 Å². The second-order valence-electron chi connectivity index (χ2n) is 3.40. The summed E-state index contributed by atoms with van der Waals surface area (Å²) in [6.45, 7) is 4.71. The highest BCUT2D eigenvalue weighted by Crippen LogP contribution is 2.13. The molecular formula is C8H14F2N2O. The number of nitrogens with one attached hydrogen (secondary N) is 1. The minimum atomic E-state index is -2.89. The fraction of sp³-hybridized carbons (Fsp3) is 0.875. The van der Waals surface area contributed by atoms with Crippen molar-refractivity contribution in [3.8, 4) is 0 Å². The lowest BCUT2D eigenvalue weighted by Crippen LogP contribution is -2.58. The standard InChI is InChI=1S/C8H14F2N2O/c1-5-3-11-4-6(2)12(5)8(13)7(9)10/h5-7,11H,3-4H2,1-2H3/t5-,6+. The van der Waals surface area contributed by atoms with Gasteiger partial charge in [0.05, 0.1) is 0 Å². The van der Waals surface area contributed by atoms with Crippen LogP contribution in [0.2, 0.25) is 0 Å². The zero-order valence-corrected chi connectivity index (χ0v) is 7.76. The normalized spacial score (nSPS) is 29.5. The van der Waals surface area contributed by atoms with Crippen LogP contribution in [0.15, 0.2) is 0 Å². The molecule has 1 heterocycles. The van der Waals surface area contributed by atoms with Gasteiger partial charge in [0.2, 0.25) is 0 Å². The van der Waals surface area contributed by atoms with Crippen molar-refractivity contribution >= 4 is 5.91 Å². The van der Waals surface area contributed by atoms with Gasteiger partial charge in [0.25, 0.3) is 5.91 Å². The minimum absolute atomic E-state index is 0.148. The molecule has 0 aromatic carbocycles. The van der Waals surface area contributed by atoms with Crippen LogP contribution in [0.4, 0.5) is 8.78 Å². The lowest BCUT2D eigenvalue weighted by molar-refractivity contribution is -0.148. The Bertz CT molecular complexity index is 189. The van der Waals surface area contributed by atoms with E-state index in [2.05, 4.69) is 5.32 Å². The summed E-state index contributed by atoms with van der Waals surface area (Å²) in [5, 5.41) is 3.07. The molecule has 1 fully saturated rings. The van der Waals surface area contributed by atoms with Gasteiger partial charge in [0.15, 0.2) is 0 Å². The lowest BCUT2D eigenvalue weighted by atomic mass is 10.1. The summed E-state index contributed by atoms with van der Waals surface area (Å²) in [5.41, 5.74) is 0. The molecule has 2 atom stereocenters. The third-order valence-electron chi connectivity index (χ3n) is 2.27. The van der Waals surface area contributed by atoms with Gasteiger partial charge in [-0.1, -0.05) is 0 Å². The molecule has 0 aromatic rings. The van der Waals surface area contributed by atoms with Crippen LogP contribution in [0.25, 0.3) is 0 Å². The summed E-state index contributed by atoms with van der Waals surface area (Å²) >= 11 is 0. The monoisotopic (exact) mass is 192 g/mol. The second-order valence-corrected chi connectivity index (χ2v) is 3.40. The zero-order valence-electron chi connectivity index (χ0n) is 7.76. The SMILES string of the molecule is C[C@@H]1CNC[C@H](C)N1C(=O)C(F)F. The molecule has 13 heavy (non-hydrogen) atoms. The van der Waals surface area contributed by atoms with Gasteiger partial charge in [0, 0.05) is 25.2 Å². The molecular weight excluding hydrogens is 178 g/mol. The van der Waals surface area contributed by atoms with Crippen molar-refractivity contribution in [2.45, 2.75) is 32.4 Å². The maximum absolute atomic E-state index is 12.1. The maximum atomic E-state index is 12.1. The molecule has 1 aliphatic heterocycles. The van der Waals surface area contributed by atoms with Crippen molar-refractivity contribution in [2.75, 3.05) is 13.1 Å². The Labute approximate surface area is 76.1 Å². The van der Waals surface area contributed by atoms with Crippen LogP contribution in [-0.4, -0.2) is 42.4 Å². The molecule has 1 amide bonds. The van der Waals surface area contributed by atoms with Gasteiger partial charge in [-0.2, -0.15) is 8.78 Å². The average molecular weight is 192 g/mol. The fourth-order valence-electron chi connectivity index (χ4n) is 1.68. The largest absolute Gasteiger partial charge is 0.330 e. The number of amides is 1. The highest BCUT2D eigenvalue weighted by molar-refractivity contribution is 5.80. The number of hydrogen-bond acceptors (Lipinski definition) is 2. The zero-order chi connectivity index (χ0) is 10.0. The molecule has 76 valence electrons. The first-order chi connectivity index (χ1) is 6.04. The quantitative estimate of drug-likeness (QED) is 0.654. The van der Waals surface area contributed by atoms with Crippen LogP contribution < -0.4 is 5.32 Å². The van der Waals surface area contributed by atoms with Crippen LogP contribution in [0.3, 0.4) is 0 Å². The van der Waals surface area contributed by atoms with Crippen molar-refractivity contribution in [1.29, 1.82) is 0 Å². The smallest absolute Gasteiger partial charge is 0.315 e. The molecule has 0 bridgehead atoms. The molecule has 1 aliphatic rings. The van der Waals surface area contributed by atoms with E-state index in [9.17, 15) is 13.6 Å². The number of hydrogen-bond donors (Lipinski definition) is 1. The van der Waals surface area contributed by atoms with Gasteiger partial charge in [-0.15, -0.1) is 0 Å². The number of carbonyl (C=O) groups is 1. The van der Waals surface area contributed by atoms with Gasteiger partial charge in [-0.05, 0) is 13.8 Å². The Hall–Kier alpha value is -0.710. The number of rotatable bonds is 1. The van der Waals surface area contributed by atoms with Gasteiger partial charge >= 0.3 is 6.43 Å². The van der Waals surface area contributed by atoms with E-state index < -0.39 is 12.3 Å². The fourth-order valence-corrected chi connectivity index (χ4v) is 1.68. The summed E-state index contributed by atoms with van der Waals surface area (Å²) in [5.74, 6) is -1.05. The molecule has 0 aromatic heterocycles. The Kier molecular flexibility index (Phi) is 3.19. The van der Waals surface area contributed by atoms with Gasteiger partial charge in [0.1, 0.15) is 0 Å². The van der Waals surface area contributed by atoms with E-state index in [0.29, 0.717) is 13.1 Å². The number of carbonyl (C=O) groups excluding carboxylic acids is 1. The molecule has 0 radical (unpaired) electrons. The Morgan fingerprint density at radius 1 is 1.38 bits per heavy atom. The molecule has 1 saturated heterocycles. The molecule has 0 aliphatic carbocycles. The number of nitrogens with zero attached hydrogens (tertiary/aromatic N) is 1. The third-order valence-corrected chi connectivity index (χ3v) is 2.27. The van der Waals surface area contributed by atoms with Crippen molar-refractivity contribution in [2.24, 2.45) is 0 Å². The maximum Gasteiger partial charge on any atom is 0.315 e. The van der Waals surface area contributed by atoms with Gasteiger partial charge < -0.3 is 10.2 Å². The number of halogens is 2. The van der Waals surface area contributed by atoms with Crippen LogP contribution >= 0.6 is 0 Å². The molecule has 0 spiro atoms. The summed E-state index contributed by atoms with van der Waals surface area (Å²) in [6.07, 6.45) is -2.89. The highest BCUT2D eigenvalue weighted by Gasteiger charge is 2.33. The Balaban J connectivity index is 2.68. The molecule has 3 nitrogen and oxygen atoms in total. The summed E-state index contributed by atoms with van der Waals surface area (Å²) < 4.78 is 24.3. The first-order valence-corrected chi connectivity index (χ1v) is 4.35. The summed E-state index contributed by atoms with van der Waals surface area (Å²) in [6, 6.07) is -0.296. The second kappa shape index (κ2) is 4.00. The Morgan fingerprint density at radius 3 is 2.23 bits per heavy atom. The highest BCUT2D eigenvalue weighted by atomic mass is 19.3. The van der Waals surface area contributed by atoms with E-state index in [1.165, 1.54) is 4.90 Å². The third kappa shape index (κ3) is 2.15. The average Bonchev–Trinajstić information content (AvgIpc) is 2.03. The molecule has 1 N–H and O–H groups in total. The van der Waals surface area contributed by atoms with Crippen LogP contribution in [0.5, 0.6) is 0 Å². The number of alkyl halides is 2. The van der Waals surface area contributed by atoms with Crippen LogP contribution in [0.1, 0.15) is 13.8 Å². The predicted molar refractivity (Wildman–Crippen MR) is 44.6 cm³/mol. The summed E-state index contributed by atoms with van der Waals surface area (Å²) in [4.78, 5) is 12.3. The van der Waals surface area contributed by atoms with E-state index in [4.69, 9.17) is 0 Å². The number of piperazine rings is 1. The van der Waals surface area contributed by atoms with Crippen molar-refractivity contribution in [1.82, 2.24) is 10.2 Å². The lowest BCUT2D eigenvalue weighted by Gasteiger charge is -2.39. The topological polar surface area (TPSA) is 32.3 Å². The van der Waals surface area contributed by atoms with E-state index in [-0.39, 0.29) is 12.1 Å². The first kappa shape index (κ1) is 10.4.